The number of amides is 2. The van der Waals surface area contributed by atoms with Crippen LogP contribution in [0.4, 0.5) is 17.3 Å². The van der Waals surface area contributed by atoms with Gasteiger partial charge in [-0.05, 0) is 57.6 Å². The lowest BCUT2D eigenvalue weighted by Crippen LogP contribution is -2.30. The summed E-state index contributed by atoms with van der Waals surface area (Å²) in [4.78, 5) is 29.9. The molecule has 0 saturated heterocycles. The van der Waals surface area contributed by atoms with E-state index < -0.39 is 17.5 Å². The number of anilines is 3. The molecule has 190 valence electrons. The fourth-order valence-electron chi connectivity index (χ4n) is 4.03. The zero-order chi connectivity index (χ0) is 26.6. The molecule has 0 spiro atoms. The van der Waals surface area contributed by atoms with E-state index in [0.717, 1.165) is 5.56 Å². The Hall–Kier alpha value is -4.50. The molecule has 0 aliphatic rings. The van der Waals surface area contributed by atoms with Gasteiger partial charge in [0.1, 0.15) is 28.9 Å². The van der Waals surface area contributed by atoms with Gasteiger partial charge in [-0.25, -0.2) is 9.67 Å². The number of primary amides is 1. The Balaban J connectivity index is 1.66. The van der Waals surface area contributed by atoms with Crippen molar-refractivity contribution in [1.82, 2.24) is 20.1 Å². The van der Waals surface area contributed by atoms with E-state index in [1.807, 2.05) is 63.2 Å². The third-order valence-electron chi connectivity index (χ3n) is 5.79. The van der Waals surface area contributed by atoms with E-state index in [0.29, 0.717) is 28.6 Å². The molecular weight excluding hydrogens is 466 g/mol. The number of hydrogen-bond acceptors (Lipinski definition) is 6. The summed E-state index contributed by atoms with van der Waals surface area (Å²) in [7, 11) is 1.74. The molecule has 2 aromatic carbocycles. The van der Waals surface area contributed by atoms with E-state index in [1.54, 1.807) is 48.3 Å². The van der Waals surface area contributed by atoms with Crippen LogP contribution in [0.3, 0.4) is 0 Å². The maximum Gasteiger partial charge on any atom is 0.254 e. The molecule has 2 heterocycles. The molecule has 1 atom stereocenters. The zero-order valence-electron chi connectivity index (χ0n) is 21.3. The Labute approximate surface area is 216 Å². The second-order valence-electron chi connectivity index (χ2n) is 9.56. The summed E-state index contributed by atoms with van der Waals surface area (Å²) < 4.78 is 1.74. The molecule has 5 N–H and O–H groups in total. The van der Waals surface area contributed by atoms with Crippen LogP contribution in [0, 0.1) is 0 Å². The van der Waals surface area contributed by atoms with Gasteiger partial charge in [0.2, 0.25) is 5.91 Å². The number of pyridine rings is 1. The summed E-state index contributed by atoms with van der Waals surface area (Å²) in [5.41, 5.74) is 8.27. The number of nitrogens with zero attached hydrogens (tertiary/aromatic N) is 3. The summed E-state index contributed by atoms with van der Waals surface area (Å²) in [6.07, 6.45) is 1.66. The topological polar surface area (TPSA) is 127 Å². The second-order valence-corrected chi connectivity index (χ2v) is 9.56. The molecule has 37 heavy (non-hydrogen) atoms. The van der Waals surface area contributed by atoms with Gasteiger partial charge in [0.05, 0.1) is 5.54 Å². The molecule has 4 rings (SSSR count). The van der Waals surface area contributed by atoms with Crippen LogP contribution in [-0.2, 0) is 10.3 Å². The van der Waals surface area contributed by atoms with Gasteiger partial charge in [-0.15, -0.1) is 0 Å². The number of likely N-dealkylation sites (N-methyl/N-ethyl adjacent to an activating group) is 1. The maximum absolute atomic E-state index is 12.9. The Morgan fingerprint density at radius 1 is 0.946 bits per heavy atom. The van der Waals surface area contributed by atoms with Crippen molar-refractivity contribution in [1.29, 1.82) is 0 Å². The monoisotopic (exact) mass is 497 g/mol. The van der Waals surface area contributed by atoms with Crippen LogP contribution >= 0.6 is 0 Å². The van der Waals surface area contributed by atoms with Gasteiger partial charge in [0, 0.05) is 17.4 Å². The Kier molecular flexibility index (Phi) is 7.35. The van der Waals surface area contributed by atoms with Crippen molar-refractivity contribution >= 4 is 29.1 Å². The zero-order valence-corrected chi connectivity index (χ0v) is 21.3. The summed E-state index contributed by atoms with van der Waals surface area (Å²) in [6.45, 7) is 5.96. The van der Waals surface area contributed by atoms with E-state index in [4.69, 9.17) is 10.8 Å². The molecule has 0 aliphatic heterocycles. The van der Waals surface area contributed by atoms with Crippen molar-refractivity contribution in [3.63, 3.8) is 0 Å². The molecule has 9 nitrogen and oxygen atoms in total. The standard InChI is InChI=1S/C28H31N7O2/c1-28(2,3)35-26(33-21-12-8-9-17-31-21)22(25(29)36)23(34-35)19-13-15-20(16-14-19)32-27(37)24(30-4)18-10-6-5-7-11-18/h5-17,24,30H,1-4H3,(H2,29,36)(H,31,33)(H,32,37). The number of nitrogens with two attached hydrogens (primary N) is 1. The van der Waals surface area contributed by atoms with Gasteiger partial charge < -0.3 is 21.7 Å². The minimum atomic E-state index is -0.610. The Morgan fingerprint density at radius 3 is 2.19 bits per heavy atom. The molecule has 0 radical (unpaired) electrons. The van der Waals surface area contributed by atoms with E-state index in [-0.39, 0.29) is 11.5 Å². The third-order valence-corrected chi connectivity index (χ3v) is 5.79. The number of hydrogen-bond donors (Lipinski definition) is 4. The van der Waals surface area contributed by atoms with Crippen LogP contribution in [0.25, 0.3) is 11.3 Å². The molecule has 9 heteroatoms. The molecule has 0 saturated carbocycles. The lowest BCUT2D eigenvalue weighted by Gasteiger charge is -2.23. The first kappa shape index (κ1) is 25.6. The van der Waals surface area contributed by atoms with Crippen LogP contribution in [0.2, 0.25) is 0 Å². The van der Waals surface area contributed by atoms with Crippen molar-refractivity contribution < 1.29 is 9.59 Å². The Bertz CT molecular complexity index is 1380. The quantitative estimate of drug-likeness (QED) is 0.285. The molecule has 0 fully saturated rings. The summed E-state index contributed by atoms with van der Waals surface area (Å²) in [5, 5.41) is 14.0. The van der Waals surface area contributed by atoms with Gasteiger partial charge >= 0.3 is 0 Å². The average molecular weight is 498 g/mol. The number of benzene rings is 2. The lowest BCUT2D eigenvalue weighted by atomic mass is 10.0. The fraction of sp³-hybridized carbons (Fsp3) is 0.214. The average Bonchev–Trinajstić information content (AvgIpc) is 3.26. The second kappa shape index (κ2) is 10.6. The van der Waals surface area contributed by atoms with Gasteiger partial charge in [0.15, 0.2) is 0 Å². The fourth-order valence-corrected chi connectivity index (χ4v) is 4.03. The van der Waals surface area contributed by atoms with E-state index in [1.165, 1.54) is 0 Å². The van der Waals surface area contributed by atoms with Crippen LogP contribution in [0.5, 0.6) is 0 Å². The normalized spacial score (nSPS) is 12.1. The van der Waals surface area contributed by atoms with Crippen molar-refractivity contribution in [2.45, 2.75) is 32.4 Å². The molecule has 0 bridgehead atoms. The first-order valence-electron chi connectivity index (χ1n) is 11.9. The minimum Gasteiger partial charge on any atom is -0.365 e. The molecule has 2 amide bonds. The third kappa shape index (κ3) is 5.68. The van der Waals surface area contributed by atoms with Crippen molar-refractivity contribution in [2.75, 3.05) is 17.7 Å². The van der Waals surface area contributed by atoms with Crippen molar-refractivity contribution in [2.24, 2.45) is 5.73 Å². The van der Waals surface area contributed by atoms with Crippen LogP contribution in [0.15, 0.2) is 79.0 Å². The van der Waals surface area contributed by atoms with Crippen molar-refractivity contribution in [3.05, 3.63) is 90.1 Å². The largest absolute Gasteiger partial charge is 0.365 e. The molecular formula is C28H31N7O2. The SMILES string of the molecule is CNC(C(=O)Nc1ccc(-c2nn(C(C)(C)C)c(Nc3ccccn3)c2C(N)=O)cc1)c1ccccc1. The summed E-state index contributed by atoms with van der Waals surface area (Å²) >= 11 is 0. The summed E-state index contributed by atoms with van der Waals surface area (Å²) in [5.74, 6) is 0.238. The van der Waals surface area contributed by atoms with Crippen molar-refractivity contribution in [3.8, 4) is 11.3 Å². The van der Waals surface area contributed by atoms with Crippen LogP contribution in [-0.4, -0.2) is 33.6 Å². The molecule has 0 aliphatic carbocycles. The number of nitrogens with one attached hydrogen (secondary N) is 3. The maximum atomic E-state index is 12.9. The Morgan fingerprint density at radius 2 is 1.62 bits per heavy atom. The highest BCUT2D eigenvalue weighted by molar-refractivity contribution is 6.04. The van der Waals surface area contributed by atoms with Gasteiger partial charge in [-0.2, -0.15) is 5.10 Å². The van der Waals surface area contributed by atoms with Gasteiger partial charge in [0.25, 0.3) is 5.91 Å². The number of aromatic nitrogens is 3. The molecule has 2 aromatic heterocycles. The van der Waals surface area contributed by atoms with E-state index in [9.17, 15) is 9.59 Å². The number of rotatable bonds is 8. The summed E-state index contributed by atoms with van der Waals surface area (Å²) in [6, 6.07) is 21.6. The van der Waals surface area contributed by atoms with Gasteiger partial charge in [-0.1, -0.05) is 48.5 Å². The predicted molar refractivity (Wildman–Crippen MR) is 146 cm³/mol. The molecule has 4 aromatic rings. The van der Waals surface area contributed by atoms with E-state index in [2.05, 4.69) is 20.9 Å². The highest BCUT2D eigenvalue weighted by Crippen LogP contribution is 2.34. The highest BCUT2D eigenvalue weighted by atomic mass is 16.2. The van der Waals surface area contributed by atoms with Crippen LogP contribution < -0.4 is 21.7 Å². The number of carbonyl (C=O) groups excluding carboxylic acids is 2. The lowest BCUT2D eigenvalue weighted by molar-refractivity contribution is -0.118. The minimum absolute atomic E-state index is 0.182. The van der Waals surface area contributed by atoms with Gasteiger partial charge in [-0.3, -0.25) is 9.59 Å². The highest BCUT2D eigenvalue weighted by Gasteiger charge is 2.29. The predicted octanol–water partition coefficient (Wildman–Crippen LogP) is 4.44. The van der Waals surface area contributed by atoms with Crippen LogP contribution in [0.1, 0.15) is 42.7 Å². The first-order chi connectivity index (χ1) is 17.7. The molecule has 1 unspecified atom stereocenters. The van der Waals surface area contributed by atoms with E-state index >= 15 is 0 Å². The smallest absolute Gasteiger partial charge is 0.254 e. The first-order valence-corrected chi connectivity index (χ1v) is 11.9. The number of carbonyl (C=O) groups is 2.